The van der Waals surface area contributed by atoms with Crippen LogP contribution in [0.4, 0.5) is 0 Å². The van der Waals surface area contributed by atoms with Gasteiger partial charge in [-0.2, -0.15) is 9.57 Å². The van der Waals surface area contributed by atoms with Crippen LogP contribution >= 0.6 is 0 Å². The number of sulfonamides is 1. The zero-order chi connectivity index (χ0) is 24.2. The number of hydrogen-bond acceptors (Lipinski definition) is 8. The Morgan fingerprint density at radius 3 is 2.48 bits per heavy atom. The van der Waals surface area contributed by atoms with Gasteiger partial charge in [0.25, 0.3) is 5.91 Å². The maximum atomic E-state index is 13.0. The molecule has 0 bridgehead atoms. The zero-order valence-corrected chi connectivity index (χ0v) is 19.8. The van der Waals surface area contributed by atoms with Gasteiger partial charge in [-0.25, -0.2) is 8.42 Å². The molecule has 0 unspecified atom stereocenters. The summed E-state index contributed by atoms with van der Waals surface area (Å²) in [5.41, 5.74) is -1.06. The van der Waals surface area contributed by atoms with Crippen LogP contribution in [0.3, 0.4) is 0 Å². The number of rotatable bonds is 7. The Kier molecular flexibility index (Phi) is 7.49. The Balaban J connectivity index is 1.52. The molecule has 1 saturated heterocycles. The van der Waals surface area contributed by atoms with Crippen LogP contribution in [-0.2, 0) is 24.3 Å². The second kappa shape index (κ2) is 9.97. The maximum absolute atomic E-state index is 13.0. The van der Waals surface area contributed by atoms with Gasteiger partial charge < -0.3 is 19.5 Å². The van der Waals surface area contributed by atoms with E-state index in [1.165, 1.54) is 16.4 Å². The summed E-state index contributed by atoms with van der Waals surface area (Å²) in [6.45, 7) is 5.82. The number of nitriles is 1. The number of amides is 1. The molecular formula is C22H29N3O7S. The highest BCUT2D eigenvalue weighted by Gasteiger charge is 2.34. The van der Waals surface area contributed by atoms with Crippen molar-refractivity contribution in [2.45, 2.75) is 44.0 Å². The SMILES string of the molecule is CC(C)[C@@](C)(C#N)NC(=O)COC(=O)C1CCN(S(=O)(=O)c2ccc3c(c2)OCCO3)CC1. The normalized spacial score (nSPS) is 18.8. The summed E-state index contributed by atoms with van der Waals surface area (Å²) >= 11 is 0. The highest BCUT2D eigenvalue weighted by molar-refractivity contribution is 7.89. The Morgan fingerprint density at radius 2 is 1.88 bits per heavy atom. The average molecular weight is 480 g/mol. The zero-order valence-electron chi connectivity index (χ0n) is 19.0. The Labute approximate surface area is 193 Å². The van der Waals surface area contributed by atoms with Crippen LogP contribution in [0.15, 0.2) is 23.1 Å². The molecule has 1 amide bonds. The van der Waals surface area contributed by atoms with Gasteiger partial charge in [-0.3, -0.25) is 9.59 Å². The minimum absolute atomic E-state index is 0.107. The van der Waals surface area contributed by atoms with Crippen LogP contribution in [-0.4, -0.2) is 63.0 Å². The van der Waals surface area contributed by atoms with Gasteiger partial charge in [0, 0.05) is 19.2 Å². The third kappa shape index (κ3) is 5.57. The van der Waals surface area contributed by atoms with Gasteiger partial charge >= 0.3 is 5.97 Å². The van der Waals surface area contributed by atoms with Crippen LogP contribution in [0.1, 0.15) is 33.6 Å². The molecule has 2 aliphatic rings. The molecule has 1 aromatic carbocycles. The lowest BCUT2D eigenvalue weighted by molar-refractivity contribution is -0.154. The molecule has 1 N–H and O–H groups in total. The summed E-state index contributed by atoms with van der Waals surface area (Å²) in [5.74, 6) is -0.831. The number of carbonyl (C=O) groups is 2. The number of fused-ring (bicyclic) bond motifs is 1. The number of nitrogens with one attached hydrogen (secondary N) is 1. The van der Waals surface area contributed by atoms with Gasteiger partial charge in [-0.15, -0.1) is 0 Å². The van der Waals surface area contributed by atoms with E-state index in [4.69, 9.17) is 14.2 Å². The first-order valence-electron chi connectivity index (χ1n) is 10.9. The van der Waals surface area contributed by atoms with Gasteiger partial charge in [0.15, 0.2) is 18.1 Å². The van der Waals surface area contributed by atoms with Gasteiger partial charge in [0.05, 0.1) is 16.9 Å². The van der Waals surface area contributed by atoms with Crippen LogP contribution in [0.5, 0.6) is 11.5 Å². The summed E-state index contributed by atoms with van der Waals surface area (Å²) < 4.78 is 43.4. The van der Waals surface area contributed by atoms with E-state index < -0.39 is 40.0 Å². The molecule has 2 aliphatic heterocycles. The van der Waals surface area contributed by atoms with Crippen LogP contribution in [0.25, 0.3) is 0 Å². The van der Waals surface area contributed by atoms with Crippen molar-refractivity contribution in [1.29, 1.82) is 5.26 Å². The van der Waals surface area contributed by atoms with E-state index in [1.807, 2.05) is 13.8 Å². The molecule has 0 aromatic heterocycles. The van der Waals surface area contributed by atoms with Crippen molar-refractivity contribution in [2.75, 3.05) is 32.9 Å². The van der Waals surface area contributed by atoms with Gasteiger partial charge in [-0.1, -0.05) is 13.8 Å². The molecule has 0 saturated carbocycles. The molecule has 11 heteroatoms. The van der Waals surface area contributed by atoms with Gasteiger partial charge in [-0.05, 0) is 37.8 Å². The van der Waals surface area contributed by atoms with Crippen molar-refractivity contribution in [3.05, 3.63) is 18.2 Å². The van der Waals surface area contributed by atoms with Crippen molar-refractivity contribution in [3.63, 3.8) is 0 Å². The van der Waals surface area contributed by atoms with Crippen molar-refractivity contribution >= 4 is 21.9 Å². The van der Waals surface area contributed by atoms with Gasteiger partial charge in [0.2, 0.25) is 10.0 Å². The predicted molar refractivity (Wildman–Crippen MR) is 117 cm³/mol. The van der Waals surface area contributed by atoms with Crippen LogP contribution < -0.4 is 14.8 Å². The summed E-state index contributed by atoms with van der Waals surface area (Å²) in [6, 6.07) is 6.57. The first-order chi connectivity index (χ1) is 15.6. The molecule has 0 radical (unpaired) electrons. The number of benzene rings is 1. The Bertz CT molecular complexity index is 1040. The van der Waals surface area contributed by atoms with E-state index in [2.05, 4.69) is 11.4 Å². The molecule has 33 heavy (non-hydrogen) atoms. The minimum Gasteiger partial charge on any atom is -0.486 e. The van der Waals surface area contributed by atoms with E-state index >= 15 is 0 Å². The highest BCUT2D eigenvalue weighted by Crippen LogP contribution is 2.34. The van der Waals surface area contributed by atoms with E-state index in [1.54, 1.807) is 13.0 Å². The van der Waals surface area contributed by atoms with E-state index in [0.29, 0.717) is 24.7 Å². The van der Waals surface area contributed by atoms with Crippen molar-refractivity contribution in [2.24, 2.45) is 11.8 Å². The molecule has 0 spiro atoms. The molecule has 1 fully saturated rings. The quantitative estimate of drug-likeness (QED) is 0.581. The fourth-order valence-corrected chi connectivity index (χ4v) is 5.03. The number of nitrogens with zero attached hydrogens (tertiary/aromatic N) is 2. The fourth-order valence-electron chi connectivity index (χ4n) is 3.55. The second-order valence-corrected chi connectivity index (χ2v) is 10.5. The molecule has 3 rings (SSSR count). The minimum atomic E-state index is -3.75. The second-order valence-electron chi connectivity index (χ2n) is 8.61. The summed E-state index contributed by atoms with van der Waals surface area (Å²) in [5, 5.41) is 11.9. The molecule has 10 nitrogen and oxygen atoms in total. The number of esters is 1. The lowest BCUT2D eigenvalue weighted by Gasteiger charge is -2.30. The predicted octanol–water partition coefficient (Wildman–Crippen LogP) is 1.46. The van der Waals surface area contributed by atoms with Crippen LogP contribution in [0.2, 0.25) is 0 Å². The third-order valence-corrected chi connectivity index (χ3v) is 7.96. The molecule has 0 aliphatic carbocycles. The highest BCUT2D eigenvalue weighted by atomic mass is 32.2. The van der Waals surface area contributed by atoms with Gasteiger partial charge in [0.1, 0.15) is 18.8 Å². The van der Waals surface area contributed by atoms with Crippen molar-refractivity contribution in [1.82, 2.24) is 9.62 Å². The molecule has 180 valence electrons. The monoisotopic (exact) mass is 479 g/mol. The number of hydrogen-bond donors (Lipinski definition) is 1. The molecule has 2 heterocycles. The average Bonchev–Trinajstić information content (AvgIpc) is 2.82. The molecule has 1 atom stereocenters. The van der Waals surface area contributed by atoms with Crippen molar-refractivity contribution < 1.29 is 32.2 Å². The molecular weight excluding hydrogens is 450 g/mol. The summed E-state index contributed by atoms with van der Waals surface area (Å²) in [7, 11) is -3.75. The Morgan fingerprint density at radius 1 is 1.24 bits per heavy atom. The topological polar surface area (TPSA) is 135 Å². The summed E-state index contributed by atoms with van der Waals surface area (Å²) in [6.07, 6.45) is 0.568. The lowest BCUT2D eigenvalue weighted by atomic mass is 9.90. The number of piperidine rings is 1. The Hall–Kier alpha value is -2.84. The lowest BCUT2D eigenvalue weighted by Crippen LogP contribution is -2.50. The smallest absolute Gasteiger partial charge is 0.309 e. The van der Waals surface area contributed by atoms with Crippen molar-refractivity contribution in [3.8, 4) is 17.6 Å². The number of ether oxygens (including phenoxy) is 3. The number of carbonyl (C=O) groups excluding carboxylic acids is 2. The van der Waals surface area contributed by atoms with E-state index in [0.717, 1.165) is 0 Å². The molecule has 1 aromatic rings. The summed E-state index contributed by atoms with van der Waals surface area (Å²) in [4.78, 5) is 24.6. The third-order valence-electron chi connectivity index (χ3n) is 6.07. The van der Waals surface area contributed by atoms with Crippen LogP contribution in [0, 0.1) is 23.2 Å². The first-order valence-corrected chi connectivity index (χ1v) is 12.3. The maximum Gasteiger partial charge on any atom is 0.309 e. The standard InChI is InChI=1S/C22H29N3O7S/c1-15(2)22(3,14-23)24-20(26)13-32-21(27)16-6-8-25(9-7-16)33(28,29)17-4-5-18-19(12-17)31-11-10-30-18/h4-5,12,15-16H,6-11,13H2,1-3H3,(H,24,26)/t22-/m1/s1. The largest absolute Gasteiger partial charge is 0.486 e. The van der Waals surface area contributed by atoms with E-state index in [9.17, 15) is 23.3 Å². The first kappa shape index (κ1) is 24.8. The van der Waals surface area contributed by atoms with E-state index in [-0.39, 0.29) is 36.7 Å². The fraction of sp³-hybridized carbons (Fsp3) is 0.591.